The van der Waals surface area contributed by atoms with Crippen LogP contribution in [0.25, 0.3) is 11.3 Å². The largest absolute Gasteiger partial charge is 0.367 e. The molecule has 4 fully saturated rings. The summed E-state index contributed by atoms with van der Waals surface area (Å²) in [4.78, 5) is 50.2. The normalized spacial score (nSPS) is 26.9. The van der Waals surface area contributed by atoms with Gasteiger partial charge in [0.2, 0.25) is 5.13 Å². The van der Waals surface area contributed by atoms with Crippen LogP contribution < -0.4 is 10.2 Å². The van der Waals surface area contributed by atoms with Gasteiger partial charge in [0.15, 0.2) is 22.9 Å². The number of nitrogens with one attached hydrogen (secondary N) is 1. The maximum atomic E-state index is 15.0. The molecule has 6 rings (SSSR count). The van der Waals surface area contributed by atoms with Crippen LogP contribution >= 0.6 is 11.3 Å². The second kappa shape index (κ2) is 12.7. The number of piperazine rings is 1. The third-order valence-electron chi connectivity index (χ3n) is 9.61. The molecule has 236 valence electrons. The van der Waals surface area contributed by atoms with Gasteiger partial charge in [0.05, 0.1) is 12.0 Å². The van der Waals surface area contributed by atoms with E-state index in [0.29, 0.717) is 29.8 Å². The number of aromatic nitrogens is 1. The fourth-order valence-electron chi connectivity index (χ4n) is 7.14. The summed E-state index contributed by atoms with van der Waals surface area (Å²) in [6.45, 7) is 2.81. The molecule has 3 aliphatic heterocycles. The lowest BCUT2D eigenvalue weighted by molar-refractivity contribution is -0.133. The van der Waals surface area contributed by atoms with E-state index in [0.717, 1.165) is 56.8 Å². The van der Waals surface area contributed by atoms with E-state index in [2.05, 4.69) is 20.1 Å². The summed E-state index contributed by atoms with van der Waals surface area (Å²) in [5.41, 5.74) is -0.692. The molecule has 2 aromatic rings. The van der Waals surface area contributed by atoms with Crippen molar-refractivity contribution in [1.29, 1.82) is 0 Å². The van der Waals surface area contributed by atoms with Gasteiger partial charge in [-0.1, -0.05) is 42.7 Å². The van der Waals surface area contributed by atoms with Crippen molar-refractivity contribution in [3.8, 4) is 11.3 Å². The van der Waals surface area contributed by atoms with Gasteiger partial charge in [-0.15, -0.1) is 0 Å². The van der Waals surface area contributed by atoms with Crippen LogP contribution in [0.2, 0.25) is 0 Å². The number of ketones is 1. The summed E-state index contributed by atoms with van der Waals surface area (Å²) in [5, 5.41) is 3.12. The third-order valence-corrected chi connectivity index (χ3v) is 10.5. The molecule has 1 N–H and O–H groups in total. The van der Waals surface area contributed by atoms with Gasteiger partial charge in [0.25, 0.3) is 5.91 Å². The van der Waals surface area contributed by atoms with E-state index in [1.165, 1.54) is 4.90 Å². The number of Topliss-reactive ketones (excluding diaryl/α,β-unsaturated/α-hetero) is 1. The van der Waals surface area contributed by atoms with Gasteiger partial charge in [-0.3, -0.25) is 19.3 Å². The fourth-order valence-corrected chi connectivity index (χ4v) is 8.01. The molecule has 1 aromatic carbocycles. The fraction of sp³-hybridized carbons (Fsp3) is 0.548. The molecule has 13 heteroatoms. The number of nitrogens with zero attached hydrogens (tertiary/aromatic N) is 4. The number of aldehydes is 1. The standard InChI is InChI=1S/C31H36F3N5O4S/c1-37-11-13-38(14-12-37)30-35-25(28(34)44-30)19-7-9-20(10-8-19)29(42)36-31(18-40,21-5-3-2-4-6-21)39-16-22(23(33)15-32)27-26(39)24(41)17-43-27/h7-10,15,18,21-22,26-27H,2-6,11-14,16-17H2,1H3,(H,36,42)/b23-15-. The number of likely N-dealkylation sites (tertiary alicyclic amines) is 1. The van der Waals surface area contributed by atoms with E-state index in [1.54, 1.807) is 24.3 Å². The summed E-state index contributed by atoms with van der Waals surface area (Å²) in [6, 6.07) is 5.31. The Hall–Kier alpha value is -3.13. The zero-order chi connectivity index (χ0) is 31.0. The van der Waals surface area contributed by atoms with E-state index in [-0.39, 0.29) is 42.4 Å². The molecule has 9 nitrogen and oxygen atoms in total. The molecule has 1 aromatic heterocycles. The molecule has 4 aliphatic rings. The highest BCUT2D eigenvalue weighted by Crippen LogP contribution is 2.44. The quantitative estimate of drug-likeness (QED) is 0.438. The Morgan fingerprint density at radius 3 is 2.50 bits per heavy atom. The first-order valence-electron chi connectivity index (χ1n) is 15.1. The Balaban J connectivity index is 1.26. The lowest BCUT2D eigenvalue weighted by Gasteiger charge is -2.47. The van der Waals surface area contributed by atoms with E-state index >= 15 is 0 Å². The Bertz CT molecular complexity index is 1420. The lowest BCUT2D eigenvalue weighted by Crippen LogP contribution is -2.68. The van der Waals surface area contributed by atoms with Gasteiger partial charge in [-0.25, -0.2) is 13.8 Å². The van der Waals surface area contributed by atoms with Crippen LogP contribution in [0, 0.1) is 17.0 Å². The van der Waals surface area contributed by atoms with Crippen LogP contribution in [-0.2, 0) is 14.3 Å². The van der Waals surface area contributed by atoms with Crippen LogP contribution in [0.3, 0.4) is 0 Å². The molecule has 1 amide bonds. The summed E-state index contributed by atoms with van der Waals surface area (Å²) in [6.07, 6.45) is 3.40. The van der Waals surface area contributed by atoms with Crippen LogP contribution in [0.4, 0.5) is 18.3 Å². The number of amides is 1. The SMILES string of the molecule is CN1CCN(c2nc(-c3ccc(C(=O)NC(C=O)(C4CCCCC4)N4CC(/C(F)=C/F)C5OCC(=O)C54)cc3)c(F)s2)CC1. The Kier molecular flexibility index (Phi) is 8.91. The number of rotatable bonds is 8. The molecule has 0 spiro atoms. The molecule has 0 radical (unpaired) electrons. The van der Waals surface area contributed by atoms with Crippen molar-refractivity contribution in [1.82, 2.24) is 20.1 Å². The molecule has 3 saturated heterocycles. The van der Waals surface area contributed by atoms with Crippen LogP contribution in [-0.4, -0.2) is 96.9 Å². The lowest BCUT2D eigenvalue weighted by atomic mass is 9.78. The van der Waals surface area contributed by atoms with Gasteiger partial charge < -0.3 is 19.9 Å². The molecule has 4 heterocycles. The molecule has 4 atom stereocenters. The van der Waals surface area contributed by atoms with E-state index in [9.17, 15) is 27.6 Å². The second-order valence-electron chi connectivity index (χ2n) is 12.2. The number of ether oxygens (including phenoxy) is 1. The molecule has 4 unspecified atom stereocenters. The summed E-state index contributed by atoms with van der Waals surface area (Å²) >= 11 is 0.994. The number of thiazole rings is 1. The number of likely N-dealkylation sites (N-methyl/N-ethyl adjacent to an activating group) is 1. The Morgan fingerprint density at radius 1 is 1.14 bits per heavy atom. The molecule has 0 bridgehead atoms. The molecule has 1 aliphatic carbocycles. The maximum Gasteiger partial charge on any atom is 0.253 e. The minimum Gasteiger partial charge on any atom is -0.367 e. The van der Waals surface area contributed by atoms with Crippen LogP contribution in [0.5, 0.6) is 0 Å². The van der Waals surface area contributed by atoms with Gasteiger partial charge in [-0.2, -0.15) is 4.39 Å². The number of anilines is 1. The number of carbonyl (C=O) groups excluding carboxylic acids is 3. The van der Waals surface area contributed by atoms with Crippen LogP contribution in [0.15, 0.2) is 36.4 Å². The van der Waals surface area contributed by atoms with E-state index in [4.69, 9.17) is 4.74 Å². The van der Waals surface area contributed by atoms with Crippen LogP contribution in [0.1, 0.15) is 42.5 Å². The van der Waals surface area contributed by atoms with Crippen molar-refractivity contribution < 1.29 is 32.3 Å². The first-order valence-corrected chi connectivity index (χ1v) is 15.9. The van der Waals surface area contributed by atoms with Crippen molar-refractivity contribution in [3.63, 3.8) is 0 Å². The van der Waals surface area contributed by atoms with E-state index in [1.807, 2.05) is 7.05 Å². The highest BCUT2D eigenvalue weighted by molar-refractivity contribution is 7.14. The average Bonchev–Trinajstić information content (AvgIpc) is 3.75. The van der Waals surface area contributed by atoms with Crippen molar-refractivity contribution in [2.75, 3.05) is 51.3 Å². The topological polar surface area (TPSA) is 95.1 Å². The Labute approximate surface area is 258 Å². The average molecular weight is 632 g/mol. The summed E-state index contributed by atoms with van der Waals surface area (Å²) in [5.74, 6) is -3.41. The number of carbonyl (C=O) groups is 3. The summed E-state index contributed by atoms with van der Waals surface area (Å²) in [7, 11) is 2.04. The van der Waals surface area contributed by atoms with E-state index < -0.39 is 40.6 Å². The highest BCUT2D eigenvalue weighted by atomic mass is 32.1. The number of benzene rings is 1. The maximum absolute atomic E-state index is 15.0. The van der Waals surface area contributed by atoms with Crippen molar-refractivity contribution in [2.45, 2.75) is 49.9 Å². The predicted molar refractivity (Wildman–Crippen MR) is 159 cm³/mol. The van der Waals surface area contributed by atoms with Gasteiger partial charge in [-0.05, 0) is 32.0 Å². The van der Waals surface area contributed by atoms with Crippen molar-refractivity contribution in [2.24, 2.45) is 11.8 Å². The van der Waals surface area contributed by atoms with Gasteiger partial charge in [0, 0.05) is 49.8 Å². The number of fused-ring (bicyclic) bond motifs is 1. The zero-order valence-electron chi connectivity index (χ0n) is 24.5. The monoisotopic (exact) mass is 631 g/mol. The van der Waals surface area contributed by atoms with Crippen molar-refractivity contribution >= 4 is 34.4 Å². The van der Waals surface area contributed by atoms with Gasteiger partial charge in [0.1, 0.15) is 30.5 Å². The van der Waals surface area contributed by atoms with Crippen molar-refractivity contribution in [3.05, 3.63) is 47.1 Å². The smallest absolute Gasteiger partial charge is 0.253 e. The first kappa shape index (κ1) is 30.9. The summed E-state index contributed by atoms with van der Waals surface area (Å²) < 4.78 is 48.5. The molecule has 44 heavy (non-hydrogen) atoms. The minimum atomic E-state index is -1.63. The Morgan fingerprint density at radius 2 is 1.84 bits per heavy atom. The second-order valence-corrected chi connectivity index (χ2v) is 13.1. The molecular formula is C31H36F3N5O4S. The highest BCUT2D eigenvalue weighted by Gasteiger charge is 2.60. The minimum absolute atomic E-state index is 0.139. The molecular weight excluding hydrogens is 595 g/mol. The number of hydrogen-bond donors (Lipinski definition) is 1. The molecule has 1 saturated carbocycles. The number of halogens is 3. The first-order chi connectivity index (χ1) is 21.3. The number of hydrogen-bond acceptors (Lipinski definition) is 9. The van der Waals surface area contributed by atoms with Gasteiger partial charge >= 0.3 is 0 Å². The third kappa shape index (κ3) is 5.59. The predicted octanol–water partition coefficient (Wildman–Crippen LogP) is 3.96. The zero-order valence-corrected chi connectivity index (χ0v) is 25.3.